The molecule has 1 aromatic heterocycles. The average Bonchev–Trinajstić information content (AvgIpc) is 2.63. The molecule has 1 amide bonds. The third-order valence-corrected chi connectivity index (χ3v) is 4.05. The van der Waals surface area contributed by atoms with Crippen LogP contribution in [0, 0.1) is 10.1 Å². The number of hydrogen-bond donors (Lipinski definition) is 1. The SMILES string of the molecule is CCC1Oc2ccc([N+](=O)[O-])nc2N(Cc2ccc(CN)cc2)C1=O. The van der Waals surface area contributed by atoms with E-state index in [4.69, 9.17) is 10.5 Å². The molecule has 8 nitrogen and oxygen atoms in total. The normalized spacial score (nSPS) is 16.3. The highest BCUT2D eigenvalue weighted by molar-refractivity contribution is 5.99. The molecule has 2 heterocycles. The number of aromatic nitrogens is 1. The first kappa shape index (κ1) is 16.8. The zero-order chi connectivity index (χ0) is 18.0. The van der Waals surface area contributed by atoms with Crippen molar-refractivity contribution in [1.82, 2.24) is 4.98 Å². The van der Waals surface area contributed by atoms with E-state index in [9.17, 15) is 14.9 Å². The van der Waals surface area contributed by atoms with Crippen LogP contribution in [0.2, 0.25) is 0 Å². The van der Waals surface area contributed by atoms with E-state index < -0.39 is 11.0 Å². The molecule has 2 N–H and O–H groups in total. The van der Waals surface area contributed by atoms with Gasteiger partial charge in [-0.05, 0) is 33.5 Å². The summed E-state index contributed by atoms with van der Waals surface area (Å²) in [5.41, 5.74) is 7.46. The molecule has 2 aromatic rings. The standard InChI is InChI=1S/C17H18N4O4/c1-2-13-17(22)20(10-12-5-3-11(9-18)4-6-12)16-14(25-13)7-8-15(19-16)21(23)24/h3-8,13H,2,9-10,18H2,1H3. The second kappa shape index (κ2) is 6.86. The Hall–Kier alpha value is -3.00. The first-order valence-electron chi connectivity index (χ1n) is 7.94. The summed E-state index contributed by atoms with van der Waals surface area (Å²) in [7, 11) is 0. The van der Waals surface area contributed by atoms with Crippen LogP contribution in [0.15, 0.2) is 36.4 Å². The first-order chi connectivity index (χ1) is 12.0. The largest absolute Gasteiger partial charge is 0.474 e. The Morgan fingerprint density at radius 1 is 1.24 bits per heavy atom. The second-order valence-electron chi connectivity index (χ2n) is 5.71. The third-order valence-electron chi connectivity index (χ3n) is 4.05. The van der Waals surface area contributed by atoms with Crippen molar-refractivity contribution in [2.24, 2.45) is 5.73 Å². The number of anilines is 1. The zero-order valence-corrected chi connectivity index (χ0v) is 13.7. The maximum atomic E-state index is 12.7. The van der Waals surface area contributed by atoms with Crippen LogP contribution in [0.4, 0.5) is 11.6 Å². The van der Waals surface area contributed by atoms with Gasteiger partial charge in [0.1, 0.15) is 0 Å². The van der Waals surface area contributed by atoms with Gasteiger partial charge < -0.3 is 20.6 Å². The van der Waals surface area contributed by atoms with Gasteiger partial charge in [0.2, 0.25) is 0 Å². The Balaban J connectivity index is 1.98. The fraction of sp³-hybridized carbons (Fsp3) is 0.294. The molecular formula is C17H18N4O4. The van der Waals surface area contributed by atoms with Crippen LogP contribution in [0.3, 0.4) is 0 Å². The van der Waals surface area contributed by atoms with E-state index in [1.807, 2.05) is 31.2 Å². The van der Waals surface area contributed by atoms with Crippen molar-refractivity contribution in [3.05, 3.63) is 57.6 Å². The topological polar surface area (TPSA) is 112 Å². The molecular weight excluding hydrogens is 324 g/mol. The van der Waals surface area contributed by atoms with Crippen LogP contribution in [0.5, 0.6) is 5.75 Å². The minimum Gasteiger partial charge on any atom is -0.474 e. The van der Waals surface area contributed by atoms with Gasteiger partial charge >= 0.3 is 5.82 Å². The number of hydrogen-bond acceptors (Lipinski definition) is 6. The summed E-state index contributed by atoms with van der Waals surface area (Å²) in [5, 5.41) is 11.0. The molecule has 0 saturated carbocycles. The Kier molecular flexibility index (Phi) is 4.62. The van der Waals surface area contributed by atoms with E-state index in [2.05, 4.69) is 4.98 Å². The minimum absolute atomic E-state index is 0.173. The highest BCUT2D eigenvalue weighted by atomic mass is 16.6. The zero-order valence-electron chi connectivity index (χ0n) is 13.7. The fourth-order valence-corrected chi connectivity index (χ4v) is 2.67. The van der Waals surface area contributed by atoms with Gasteiger partial charge in [0.05, 0.1) is 6.54 Å². The van der Waals surface area contributed by atoms with Crippen molar-refractivity contribution < 1.29 is 14.5 Å². The van der Waals surface area contributed by atoms with Gasteiger partial charge in [0, 0.05) is 12.6 Å². The molecule has 0 saturated heterocycles. The number of nitrogens with zero attached hydrogens (tertiary/aromatic N) is 3. The number of benzene rings is 1. The van der Waals surface area contributed by atoms with E-state index in [1.165, 1.54) is 17.0 Å². The maximum Gasteiger partial charge on any atom is 0.366 e. The lowest BCUT2D eigenvalue weighted by Gasteiger charge is -2.30. The molecule has 25 heavy (non-hydrogen) atoms. The summed E-state index contributed by atoms with van der Waals surface area (Å²) in [6.45, 7) is 2.54. The number of carbonyl (C=O) groups is 1. The van der Waals surface area contributed by atoms with Crippen molar-refractivity contribution in [2.45, 2.75) is 32.5 Å². The molecule has 0 aliphatic carbocycles. The Bertz CT molecular complexity index is 807. The van der Waals surface area contributed by atoms with Gasteiger partial charge in [-0.15, -0.1) is 0 Å². The molecule has 3 rings (SSSR count). The molecule has 8 heteroatoms. The second-order valence-corrected chi connectivity index (χ2v) is 5.71. The molecule has 0 fully saturated rings. The molecule has 1 unspecified atom stereocenters. The lowest BCUT2D eigenvalue weighted by atomic mass is 10.1. The van der Waals surface area contributed by atoms with Crippen molar-refractivity contribution in [1.29, 1.82) is 0 Å². The van der Waals surface area contributed by atoms with Gasteiger partial charge in [0.15, 0.2) is 11.9 Å². The Labute approximate surface area is 144 Å². The molecule has 0 bridgehead atoms. The van der Waals surface area contributed by atoms with Crippen LogP contribution in [-0.2, 0) is 17.9 Å². The molecule has 130 valence electrons. The Morgan fingerprint density at radius 3 is 2.52 bits per heavy atom. The predicted octanol–water partition coefficient (Wildman–Crippen LogP) is 2.15. The van der Waals surface area contributed by atoms with E-state index in [0.29, 0.717) is 18.7 Å². The van der Waals surface area contributed by atoms with Crippen LogP contribution < -0.4 is 15.4 Å². The number of ether oxygens (including phenoxy) is 1. The maximum absolute atomic E-state index is 12.7. The smallest absolute Gasteiger partial charge is 0.366 e. The first-order valence-corrected chi connectivity index (χ1v) is 7.94. The number of nitro groups is 1. The van der Waals surface area contributed by atoms with Gasteiger partial charge in [0.25, 0.3) is 11.7 Å². The number of pyridine rings is 1. The number of amides is 1. The number of carbonyl (C=O) groups excluding carboxylic acids is 1. The van der Waals surface area contributed by atoms with Gasteiger partial charge in [-0.2, -0.15) is 0 Å². The molecule has 1 atom stereocenters. The van der Waals surface area contributed by atoms with E-state index in [0.717, 1.165) is 11.1 Å². The number of nitrogens with two attached hydrogens (primary N) is 1. The quantitative estimate of drug-likeness (QED) is 0.658. The van der Waals surface area contributed by atoms with Gasteiger partial charge in [-0.3, -0.25) is 9.69 Å². The minimum atomic E-state index is -0.626. The van der Waals surface area contributed by atoms with Crippen LogP contribution in [-0.4, -0.2) is 21.9 Å². The molecule has 0 radical (unpaired) electrons. The van der Waals surface area contributed by atoms with E-state index in [-0.39, 0.29) is 24.1 Å². The molecule has 1 aliphatic rings. The predicted molar refractivity (Wildman–Crippen MR) is 91.1 cm³/mol. The highest BCUT2D eigenvalue weighted by Crippen LogP contribution is 2.35. The Morgan fingerprint density at radius 2 is 1.92 bits per heavy atom. The lowest BCUT2D eigenvalue weighted by molar-refractivity contribution is -0.389. The average molecular weight is 342 g/mol. The summed E-state index contributed by atoms with van der Waals surface area (Å²) >= 11 is 0. The summed E-state index contributed by atoms with van der Waals surface area (Å²) < 4.78 is 5.64. The fourth-order valence-electron chi connectivity index (χ4n) is 2.67. The van der Waals surface area contributed by atoms with Crippen molar-refractivity contribution in [3.63, 3.8) is 0 Å². The van der Waals surface area contributed by atoms with Crippen molar-refractivity contribution in [3.8, 4) is 5.75 Å². The summed E-state index contributed by atoms with van der Waals surface area (Å²) in [6.07, 6.45) is -0.128. The van der Waals surface area contributed by atoms with Gasteiger partial charge in [-0.25, -0.2) is 0 Å². The molecule has 1 aliphatic heterocycles. The highest BCUT2D eigenvalue weighted by Gasteiger charge is 2.38. The molecule has 0 spiro atoms. The lowest BCUT2D eigenvalue weighted by Crippen LogP contribution is -2.45. The van der Waals surface area contributed by atoms with Crippen molar-refractivity contribution >= 4 is 17.5 Å². The number of rotatable bonds is 5. The number of fused-ring (bicyclic) bond motifs is 1. The van der Waals surface area contributed by atoms with Crippen LogP contribution in [0.1, 0.15) is 24.5 Å². The van der Waals surface area contributed by atoms with Gasteiger partial charge in [-0.1, -0.05) is 31.2 Å². The molecule has 1 aromatic carbocycles. The summed E-state index contributed by atoms with van der Waals surface area (Å²) in [5.74, 6) is -0.0399. The van der Waals surface area contributed by atoms with Crippen LogP contribution >= 0.6 is 0 Å². The third kappa shape index (κ3) is 3.29. The monoisotopic (exact) mass is 342 g/mol. The summed E-state index contributed by atoms with van der Waals surface area (Å²) in [4.78, 5) is 28.6. The summed E-state index contributed by atoms with van der Waals surface area (Å²) in [6, 6.07) is 10.3. The van der Waals surface area contributed by atoms with E-state index >= 15 is 0 Å². The van der Waals surface area contributed by atoms with E-state index in [1.54, 1.807) is 0 Å². The van der Waals surface area contributed by atoms with Crippen LogP contribution in [0.25, 0.3) is 0 Å². The van der Waals surface area contributed by atoms with Crippen molar-refractivity contribution in [2.75, 3.05) is 4.90 Å².